The summed E-state index contributed by atoms with van der Waals surface area (Å²) in [5.74, 6) is 0. The topological polar surface area (TPSA) is 0 Å². The van der Waals surface area contributed by atoms with Crippen LogP contribution in [0, 0.1) is 13.8 Å². The van der Waals surface area contributed by atoms with Crippen LogP contribution in [0.3, 0.4) is 0 Å². The van der Waals surface area contributed by atoms with Gasteiger partial charge in [-0.05, 0) is 54.5 Å². The first-order chi connectivity index (χ1) is 8.74. The molecule has 0 saturated carbocycles. The summed E-state index contributed by atoms with van der Waals surface area (Å²) in [6.07, 6.45) is 3.70. The lowest BCUT2D eigenvalue weighted by atomic mass is 9.90. The van der Waals surface area contributed by atoms with Gasteiger partial charge in [0.05, 0.1) is 0 Å². The summed E-state index contributed by atoms with van der Waals surface area (Å²) in [4.78, 5) is 0. The van der Waals surface area contributed by atoms with Crippen molar-refractivity contribution < 1.29 is 0 Å². The van der Waals surface area contributed by atoms with E-state index in [0.717, 1.165) is 0 Å². The summed E-state index contributed by atoms with van der Waals surface area (Å²) in [6.45, 7) is 6.67. The molecule has 0 aliphatic heterocycles. The lowest BCUT2D eigenvalue weighted by Gasteiger charge is -2.14. The Labute approximate surface area is 111 Å². The van der Waals surface area contributed by atoms with E-state index in [1.54, 1.807) is 0 Å². The Morgan fingerprint density at radius 2 is 1.50 bits per heavy atom. The van der Waals surface area contributed by atoms with E-state index in [-0.39, 0.29) is 0 Å². The van der Waals surface area contributed by atoms with Gasteiger partial charge in [0.15, 0.2) is 0 Å². The Morgan fingerprint density at radius 1 is 0.833 bits per heavy atom. The maximum absolute atomic E-state index is 2.27. The molecule has 0 heterocycles. The van der Waals surface area contributed by atoms with Gasteiger partial charge >= 0.3 is 0 Å². The van der Waals surface area contributed by atoms with Crippen molar-refractivity contribution in [3.8, 4) is 11.1 Å². The summed E-state index contributed by atoms with van der Waals surface area (Å²) in [6, 6.07) is 15.4. The fourth-order valence-electron chi connectivity index (χ4n) is 2.59. The second-order valence-corrected chi connectivity index (χ2v) is 5.03. The maximum Gasteiger partial charge on any atom is -0.0123 e. The Kier molecular flexibility index (Phi) is 4.19. The van der Waals surface area contributed by atoms with Crippen molar-refractivity contribution in [1.82, 2.24) is 0 Å². The van der Waals surface area contributed by atoms with Crippen molar-refractivity contribution in [1.29, 1.82) is 0 Å². The van der Waals surface area contributed by atoms with Crippen LogP contribution in [0.4, 0.5) is 0 Å². The quantitative estimate of drug-likeness (QED) is 0.677. The van der Waals surface area contributed by atoms with Crippen molar-refractivity contribution in [2.45, 2.75) is 40.0 Å². The average Bonchev–Trinajstić information content (AvgIpc) is 2.37. The highest BCUT2D eigenvalue weighted by Gasteiger charge is 2.09. The standard InChI is InChI=1S/C18H22/c1-4-5-11-16-12-6-7-13-17(16)18-14(2)9-8-10-15(18)3/h6-10,12-13H,4-5,11H2,1-3H3. The molecular weight excluding hydrogens is 216 g/mol. The second kappa shape index (κ2) is 5.86. The zero-order chi connectivity index (χ0) is 13.0. The monoisotopic (exact) mass is 238 g/mol. The van der Waals surface area contributed by atoms with Crippen LogP contribution in [-0.4, -0.2) is 0 Å². The number of benzene rings is 2. The highest BCUT2D eigenvalue weighted by atomic mass is 14.1. The van der Waals surface area contributed by atoms with Gasteiger partial charge in [0.25, 0.3) is 0 Å². The first kappa shape index (κ1) is 12.9. The summed E-state index contributed by atoms with van der Waals surface area (Å²) < 4.78 is 0. The number of aryl methyl sites for hydroxylation is 3. The smallest absolute Gasteiger partial charge is 0.0123 e. The van der Waals surface area contributed by atoms with E-state index in [0.29, 0.717) is 0 Å². The molecule has 18 heavy (non-hydrogen) atoms. The fraction of sp³-hybridized carbons (Fsp3) is 0.333. The van der Waals surface area contributed by atoms with Gasteiger partial charge in [-0.2, -0.15) is 0 Å². The summed E-state index contributed by atoms with van der Waals surface area (Å²) in [5.41, 5.74) is 7.07. The van der Waals surface area contributed by atoms with Crippen molar-refractivity contribution in [2.75, 3.05) is 0 Å². The van der Waals surface area contributed by atoms with Gasteiger partial charge < -0.3 is 0 Å². The average molecular weight is 238 g/mol. The third-order valence-corrected chi connectivity index (χ3v) is 3.57. The number of hydrogen-bond acceptors (Lipinski definition) is 0. The van der Waals surface area contributed by atoms with Gasteiger partial charge in [-0.15, -0.1) is 0 Å². The van der Waals surface area contributed by atoms with Gasteiger partial charge in [-0.25, -0.2) is 0 Å². The van der Waals surface area contributed by atoms with Crippen LogP contribution in [0.25, 0.3) is 11.1 Å². The molecule has 0 aliphatic carbocycles. The number of hydrogen-bond donors (Lipinski definition) is 0. The van der Waals surface area contributed by atoms with E-state index in [2.05, 4.69) is 63.2 Å². The van der Waals surface area contributed by atoms with Gasteiger partial charge in [0, 0.05) is 0 Å². The molecule has 0 atom stereocenters. The Balaban J connectivity index is 2.50. The summed E-state index contributed by atoms with van der Waals surface area (Å²) >= 11 is 0. The molecule has 0 nitrogen and oxygen atoms in total. The zero-order valence-electron chi connectivity index (χ0n) is 11.7. The Hall–Kier alpha value is -1.56. The van der Waals surface area contributed by atoms with Gasteiger partial charge in [0.1, 0.15) is 0 Å². The van der Waals surface area contributed by atoms with E-state index in [1.165, 1.54) is 47.1 Å². The van der Waals surface area contributed by atoms with Crippen LogP contribution >= 0.6 is 0 Å². The molecule has 0 spiro atoms. The molecule has 2 rings (SSSR count). The summed E-state index contributed by atoms with van der Waals surface area (Å²) in [5, 5.41) is 0. The minimum atomic E-state index is 1.18. The first-order valence-electron chi connectivity index (χ1n) is 6.88. The highest BCUT2D eigenvalue weighted by molar-refractivity contribution is 5.73. The molecule has 94 valence electrons. The highest BCUT2D eigenvalue weighted by Crippen LogP contribution is 2.30. The largest absolute Gasteiger partial charge is 0.0654 e. The minimum absolute atomic E-state index is 1.18. The predicted octanol–water partition coefficient (Wildman–Crippen LogP) is 5.31. The minimum Gasteiger partial charge on any atom is -0.0654 e. The van der Waals surface area contributed by atoms with Crippen molar-refractivity contribution in [2.24, 2.45) is 0 Å². The lowest BCUT2D eigenvalue weighted by molar-refractivity contribution is 0.796. The van der Waals surface area contributed by atoms with E-state index in [4.69, 9.17) is 0 Å². The summed E-state index contributed by atoms with van der Waals surface area (Å²) in [7, 11) is 0. The Bertz CT molecular complexity index is 503. The molecule has 2 aromatic carbocycles. The molecule has 0 fully saturated rings. The predicted molar refractivity (Wildman–Crippen MR) is 80.0 cm³/mol. The molecule has 0 saturated heterocycles. The molecule has 2 aromatic rings. The van der Waals surface area contributed by atoms with E-state index in [9.17, 15) is 0 Å². The SMILES string of the molecule is CCCCc1ccccc1-c1c(C)cccc1C. The first-order valence-corrected chi connectivity index (χ1v) is 6.88. The van der Waals surface area contributed by atoms with Crippen molar-refractivity contribution in [3.63, 3.8) is 0 Å². The van der Waals surface area contributed by atoms with Crippen LogP contribution < -0.4 is 0 Å². The molecule has 0 unspecified atom stereocenters. The molecule has 0 amide bonds. The van der Waals surface area contributed by atoms with E-state index >= 15 is 0 Å². The number of unbranched alkanes of at least 4 members (excludes halogenated alkanes) is 1. The molecular formula is C18H22. The van der Waals surface area contributed by atoms with Crippen LogP contribution in [0.15, 0.2) is 42.5 Å². The molecule has 0 N–H and O–H groups in total. The van der Waals surface area contributed by atoms with Crippen LogP contribution in [-0.2, 0) is 6.42 Å². The van der Waals surface area contributed by atoms with Crippen molar-refractivity contribution in [3.05, 3.63) is 59.2 Å². The van der Waals surface area contributed by atoms with Crippen molar-refractivity contribution >= 4 is 0 Å². The second-order valence-electron chi connectivity index (χ2n) is 5.03. The maximum atomic E-state index is 2.27. The van der Waals surface area contributed by atoms with E-state index < -0.39 is 0 Å². The molecule has 0 bridgehead atoms. The number of rotatable bonds is 4. The molecule has 0 aliphatic rings. The Morgan fingerprint density at radius 3 is 2.17 bits per heavy atom. The van der Waals surface area contributed by atoms with Gasteiger partial charge in [-0.1, -0.05) is 55.8 Å². The van der Waals surface area contributed by atoms with E-state index in [1.807, 2.05) is 0 Å². The normalized spacial score (nSPS) is 10.6. The third-order valence-electron chi connectivity index (χ3n) is 3.57. The van der Waals surface area contributed by atoms with Gasteiger partial charge in [-0.3, -0.25) is 0 Å². The van der Waals surface area contributed by atoms with Crippen LogP contribution in [0.2, 0.25) is 0 Å². The third kappa shape index (κ3) is 2.64. The van der Waals surface area contributed by atoms with Crippen LogP contribution in [0.1, 0.15) is 36.5 Å². The fourth-order valence-corrected chi connectivity index (χ4v) is 2.59. The molecule has 0 heteroatoms. The molecule has 0 aromatic heterocycles. The molecule has 0 radical (unpaired) electrons. The van der Waals surface area contributed by atoms with Gasteiger partial charge in [0.2, 0.25) is 0 Å². The lowest BCUT2D eigenvalue weighted by Crippen LogP contribution is -1.94. The van der Waals surface area contributed by atoms with Crippen LogP contribution in [0.5, 0.6) is 0 Å². The zero-order valence-corrected chi connectivity index (χ0v) is 11.7.